The van der Waals surface area contributed by atoms with Gasteiger partial charge in [-0.05, 0) is 25.9 Å². The van der Waals surface area contributed by atoms with Crippen molar-refractivity contribution >= 4 is 5.97 Å². The van der Waals surface area contributed by atoms with Gasteiger partial charge in [0.05, 0.1) is 6.61 Å². The average Bonchev–Trinajstić information content (AvgIpc) is 2.10. The van der Waals surface area contributed by atoms with E-state index in [0.717, 1.165) is 13.0 Å². The zero-order valence-corrected chi connectivity index (χ0v) is 8.67. The number of ether oxygens (including phenoxy) is 1. The van der Waals surface area contributed by atoms with Crippen LogP contribution in [-0.2, 0) is 9.53 Å². The van der Waals surface area contributed by atoms with Crippen LogP contribution in [0.2, 0.25) is 0 Å². The van der Waals surface area contributed by atoms with Crippen molar-refractivity contribution < 1.29 is 9.53 Å². The van der Waals surface area contributed by atoms with Crippen LogP contribution < -0.4 is 11.1 Å². The number of hydrogen-bond acceptors (Lipinski definition) is 4. The molecule has 3 N–H and O–H groups in total. The highest BCUT2D eigenvalue weighted by Crippen LogP contribution is 2.00. The summed E-state index contributed by atoms with van der Waals surface area (Å²) in [6.45, 7) is 5.10. The maximum absolute atomic E-state index is 11.2. The highest BCUT2D eigenvalue weighted by atomic mass is 16.5. The third-order valence-corrected chi connectivity index (χ3v) is 1.81. The first-order valence-corrected chi connectivity index (χ1v) is 4.66. The average molecular weight is 188 g/mol. The summed E-state index contributed by atoms with van der Waals surface area (Å²) in [7, 11) is 1.86. The van der Waals surface area contributed by atoms with Crippen molar-refractivity contribution in [3.8, 4) is 0 Å². The minimum Gasteiger partial charge on any atom is -0.464 e. The molecule has 0 radical (unpaired) electrons. The minimum absolute atomic E-state index is 0.136. The zero-order chi connectivity index (χ0) is 10.3. The summed E-state index contributed by atoms with van der Waals surface area (Å²) in [5.41, 5.74) is 5.58. The molecule has 0 saturated carbocycles. The van der Waals surface area contributed by atoms with E-state index >= 15 is 0 Å². The highest BCUT2D eigenvalue weighted by molar-refractivity contribution is 5.75. The summed E-state index contributed by atoms with van der Waals surface area (Å²) >= 11 is 0. The first kappa shape index (κ1) is 12.4. The Bertz CT molecular complexity index is 149. The maximum Gasteiger partial charge on any atom is 0.323 e. The van der Waals surface area contributed by atoms with Gasteiger partial charge in [-0.15, -0.1) is 0 Å². The third-order valence-electron chi connectivity index (χ3n) is 1.81. The Balaban J connectivity index is 3.50. The molecule has 0 aromatic carbocycles. The number of carbonyl (C=O) groups excluding carboxylic acids is 1. The second-order valence-electron chi connectivity index (χ2n) is 3.39. The summed E-state index contributed by atoms with van der Waals surface area (Å²) in [5, 5.41) is 2.97. The van der Waals surface area contributed by atoms with Gasteiger partial charge in [0.25, 0.3) is 0 Å². The Morgan fingerprint density at radius 1 is 1.54 bits per heavy atom. The number of esters is 1. The lowest BCUT2D eigenvalue weighted by Crippen LogP contribution is -2.37. The SMILES string of the molecule is CNCCCOC(=O)C(N)C(C)C. The van der Waals surface area contributed by atoms with Crippen LogP contribution in [0.1, 0.15) is 20.3 Å². The van der Waals surface area contributed by atoms with Crippen LogP contribution >= 0.6 is 0 Å². The van der Waals surface area contributed by atoms with Gasteiger partial charge in [0.2, 0.25) is 0 Å². The molecule has 1 unspecified atom stereocenters. The number of hydrogen-bond donors (Lipinski definition) is 2. The van der Waals surface area contributed by atoms with Crippen LogP contribution in [0.5, 0.6) is 0 Å². The molecule has 0 bridgehead atoms. The zero-order valence-electron chi connectivity index (χ0n) is 8.67. The Morgan fingerprint density at radius 3 is 2.62 bits per heavy atom. The maximum atomic E-state index is 11.2. The largest absolute Gasteiger partial charge is 0.464 e. The Morgan fingerprint density at radius 2 is 2.15 bits per heavy atom. The van der Waals surface area contributed by atoms with Gasteiger partial charge in [-0.2, -0.15) is 0 Å². The van der Waals surface area contributed by atoms with Crippen LogP contribution in [0.4, 0.5) is 0 Å². The summed E-state index contributed by atoms with van der Waals surface area (Å²) in [5.74, 6) is -0.164. The molecule has 0 aliphatic heterocycles. The molecule has 0 aromatic rings. The summed E-state index contributed by atoms with van der Waals surface area (Å²) in [6.07, 6.45) is 0.826. The fourth-order valence-corrected chi connectivity index (χ4v) is 0.790. The first-order chi connectivity index (χ1) is 6.09. The molecule has 78 valence electrons. The van der Waals surface area contributed by atoms with Gasteiger partial charge in [0.15, 0.2) is 0 Å². The van der Waals surface area contributed by atoms with Gasteiger partial charge in [-0.25, -0.2) is 0 Å². The van der Waals surface area contributed by atoms with E-state index in [1.54, 1.807) is 0 Å². The van der Waals surface area contributed by atoms with E-state index in [1.807, 2.05) is 20.9 Å². The lowest BCUT2D eigenvalue weighted by atomic mass is 10.1. The normalized spacial score (nSPS) is 13.0. The van der Waals surface area contributed by atoms with Crippen LogP contribution in [-0.4, -0.2) is 32.2 Å². The molecule has 0 aliphatic carbocycles. The van der Waals surface area contributed by atoms with E-state index in [0.29, 0.717) is 6.61 Å². The lowest BCUT2D eigenvalue weighted by Gasteiger charge is -2.14. The Kier molecular flexibility index (Phi) is 6.54. The third kappa shape index (κ3) is 5.60. The van der Waals surface area contributed by atoms with E-state index in [9.17, 15) is 4.79 Å². The van der Waals surface area contributed by atoms with E-state index < -0.39 is 6.04 Å². The van der Waals surface area contributed by atoms with Crippen molar-refractivity contribution in [2.45, 2.75) is 26.3 Å². The molecule has 4 nitrogen and oxygen atoms in total. The summed E-state index contributed by atoms with van der Waals surface area (Å²) in [6, 6.07) is -0.491. The molecule has 0 amide bonds. The molecule has 0 spiro atoms. The molecule has 0 rings (SSSR count). The Hall–Kier alpha value is -0.610. The van der Waals surface area contributed by atoms with Crippen molar-refractivity contribution in [3.63, 3.8) is 0 Å². The van der Waals surface area contributed by atoms with E-state index in [-0.39, 0.29) is 11.9 Å². The van der Waals surface area contributed by atoms with Crippen molar-refractivity contribution in [3.05, 3.63) is 0 Å². The van der Waals surface area contributed by atoms with Gasteiger partial charge in [0.1, 0.15) is 6.04 Å². The molecule has 1 atom stereocenters. The van der Waals surface area contributed by atoms with E-state index in [2.05, 4.69) is 5.32 Å². The van der Waals surface area contributed by atoms with Crippen molar-refractivity contribution in [2.24, 2.45) is 11.7 Å². The minimum atomic E-state index is -0.491. The number of nitrogens with one attached hydrogen (secondary N) is 1. The standard InChI is InChI=1S/C9H20N2O2/c1-7(2)8(10)9(12)13-6-4-5-11-3/h7-8,11H,4-6,10H2,1-3H3. The van der Waals surface area contributed by atoms with Gasteiger partial charge < -0.3 is 15.8 Å². The molecule has 0 fully saturated rings. The molecular formula is C9H20N2O2. The fourth-order valence-electron chi connectivity index (χ4n) is 0.790. The predicted octanol–water partition coefficient (Wildman–Crippen LogP) is 0.122. The van der Waals surface area contributed by atoms with Crippen LogP contribution in [0.25, 0.3) is 0 Å². The highest BCUT2D eigenvalue weighted by Gasteiger charge is 2.17. The molecule has 0 heterocycles. The van der Waals surface area contributed by atoms with Crippen LogP contribution in [0.15, 0.2) is 0 Å². The number of nitrogens with two attached hydrogens (primary N) is 1. The fraction of sp³-hybridized carbons (Fsp3) is 0.889. The van der Waals surface area contributed by atoms with Crippen molar-refractivity contribution in [1.82, 2.24) is 5.32 Å². The monoisotopic (exact) mass is 188 g/mol. The molecule has 13 heavy (non-hydrogen) atoms. The number of carbonyl (C=O) groups is 1. The first-order valence-electron chi connectivity index (χ1n) is 4.66. The molecule has 0 saturated heterocycles. The van der Waals surface area contributed by atoms with Gasteiger partial charge in [-0.1, -0.05) is 13.8 Å². The summed E-state index contributed by atoms with van der Waals surface area (Å²) < 4.78 is 4.96. The van der Waals surface area contributed by atoms with Crippen LogP contribution in [0.3, 0.4) is 0 Å². The quantitative estimate of drug-likeness (QED) is 0.459. The van der Waals surface area contributed by atoms with Gasteiger partial charge in [-0.3, -0.25) is 4.79 Å². The lowest BCUT2D eigenvalue weighted by molar-refractivity contribution is -0.146. The topological polar surface area (TPSA) is 64.3 Å². The second kappa shape index (κ2) is 6.86. The summed E-state index contributed by atoms with van der Waals surface area (Å²) in [4.78, 5) is 11.2. The molecular weight excluding hydrogens is 168 g/mol. The Labute approximate surface area is 79.8 Å². The van der Waals surface area contributed by atoms with Gasteiger partial charge >= 0.3 is 5.97 Å². The molecule has 0 aliphatic rings. The molecule has 0 aromatic heterocycles. The predicted molar refractivity (Wildman–Crippen MR) is 52.3 cm³/mol. The van der Waals surface area contributed by atoms with Crippen LogP contribution in [0, 0.1) is 5.92 Å². The van der Waals surface area contributed by atoms with Crippen molar-refractivity contribution in [1.29, 1.82) is 0 Å². The van der Waals surface area contributed by atoms with Gasteiger partial charge in [0, 0.05) is 0 Å². The second-order valence-corrected chi connectivity index (χ2v) is 3.39. The van der Waals surface area contributed by atoms with Crippen molar-refractivity contribution in [2.75, 3.05) is 20.2 Å². The number of rotatable bonds is 6. The molecule has 4 heteroatoms. The van der Waals surface area contributed by atoms with E-state index in [4.69, 9.17) is 10.5 Å². The van der Waals surface area contributed by atoms with E-state index in [1.165, 1.54) is 0 Å². The smallest absolute Gasteiger partial charge is 0.323 e.